The van der Waals surface area contributed by atoms with Gasteiger partial charge in [-0.25, -0.2) is 9.97 Å². The standard InChI is InChI=1S/C14H16N4S/c1-9-4-3-5-11(6-9)8-16-14-17-10(2)7-12(18-14)13(15)19/h3-7H,8H2,1-2H3,(H2,15,19)(H,16,17,18). The van der Waals surface area contributed by atoms with E-state index in [9.17, 15) is 0 Å². The fourth-order valence-corrected chi connectivity index (χ4v) is 1.88. The molecule has 1 heterocycles. The van der Waals surface area contributed by atoms with Gasteiger partial charge in [-0.1, -0.05) is 42.0 Å². The smallest absolute Gasteiger partial charge is 0.223 e. The molecule has 0 unspecified atom stereocenters. The second-order valence-corrected chi connectivity index (χ2v) is 4.86. The van der Waals surface area contributed by atoms with Crippen molar-refractivity contribution in [2.24, 2.45) is 5.73 Å². The van der Waals surface area contributed by atoms with Gasteiger partial charge in [0.2, 0.25) is 5.95 Å². The molecular formula is C14H16N4S. The molecule has 2 rings (SSSR count). The van der Waals surface area contributed by atoms with Crippen molar-refractivity contribution in [3.05, 3.63) is 52.8 Å². The van der Waals surface area contributed by atoms with E-state index in [1.165, 1.54) is 11.1 Å². The third kappa shape index (κ3) is 3.72. The Balaban J connectivity index is 2.13. The highest BCUT2D eigenvalue weighted by atomic mass is 32.1. The second-order valence-electron chi connectivity index (χ2n) is 4.43. The number of hydrogen-bond donors (Lipinski definition) is 2. The highest BCUT2D eigenvalue weighted by molar-refractivity contribution is 7.80. The van der Waals surface area contributed by atoms with Gasteiger partial charge in [0.25, 0.3) is 0 Å². The van der Waals surface area contributed by atoms with Gasteiger partial charge in [0, 0.05) is 12.2 Å². The van der Waals surface area contributed by atoms with Crippen molar-refractivity contribution in [2.75, 3.05) is 5.32 Å². The van der Waals surface area contributed by atoms with Crippen LogP contribution in [-0.4, -0.2) is 15.0 Å². The summed E-state index contributed by atoms with van der Waals surface area (Å²) in [5.74, 6) is 0.546. The van der Waals surface area contributed by atoms with Crippen molar-refractivity contribution in [1.82, 2.24) is 9.97 Å². The van der Waals surface area contributed by atoms with E-state index in [-0.39, 0.29) is 4.99 Å². The topological polar surface area (TPSA) is 63.8 Å². The van der Waals surface area contributed by atoms with Crippen molar-refractivity contribution < 1.29 is 0 Å². The molecule has 0 saturated heterocycles. The summed E-state index contributed by atoms with van der Waals surface area (Å²) >= 11 is 4.94. The summed E-state index contributed by atoms with van der Waals surface area (Å²) in [5.41, 5.74) is 9.43. The summed E-state index contributed by atoms with van der Waals surface area (Å²) in [7, 11) is 0. The van der Waals surface area contributed by atoms with E-state index in [0.717, 1.165) is 5.69 Å². The van der Waals surface area contributed by atoms with Crippen molar-refractivity contribution in [3.8, 4) is 0 Å². The van der Waals surface area contributed by atoms with Gasteiger partial charge in [0.15, 0.2) is 0 Å². The van der Waals surface area contributed by atoms with Crippen LogP contribution in [0.25, 0.3) is 0 Å². The molecule has 0 bridgehead atoms. The molecule has 4 nitrogen and oxygen atoms in total. The lowest BCUT2D eigenvalue weighted by Gasteiger charge is -2.08. The summed E-state index contributed by atoms with van der Waals surface area (Å²) in [6.07, 6.45) is 0. The number of rotatable bonds is 4. The van der Waals surface area contributed by atoms with Crippen LogP contribution in [0, 0.1) is 13.8 Å². The highest BCUT2D eigenvalue weighted by Gasteiger charge is 2.04. The molecule has 98 valence electrons. The predicted molar refractivity (Wildman–Crippen MR) is 81.2 cm³/mol. The SMILES string of the molecule is Cc1cccc(CNc2nc(C)cc(C(N)=S)n2)c1. The Morgan fingerprint density at radius 1 is 1.26 bits per heavy atom. The molecule has 0 aliphatic rings. The minimum Gasteiger partial charge on any atom is -0.388 e. The number of nitrogens with zero attached hydrogens (tertiary/aromatic N) is 2. The lowest BCUT2D eigenvalue weighted by atomic mass is 10.1. The molecule has 19 heavy (non-hydrogen) atoms. The number of nitrogens with two attached hydrogens (primary N) is 1. The number of nitrogens with one attached hydrogen (secondary N) is 1. The Kier molecular flexibility index (Phi) is 4.06. The summed E-state index contributed by atoms with van der Waals surface area (Å²) in [4.78, 5) is 8.88. The van der Waals surface area contributed by atoms with E-state index in [1.54, 1.807) is 6.07 Å². The normalized spacial score (nSPS) is 10.2. The molecule has 1 aromatic carbocycles. The third-order valence-electron chi connectivity index (χ3n) is 2.64. The van der Waals surface area contributed by atoms with E-state index in [4.69, 9.17) is 18.0 Å². The number of thiocarbonyl (C=S) groups is 1. The van der Waals surface area contributed by atoms with Crippen LogP contribution in [0.2, 0.25) is 0 Å². The third-order valence-corrected chi connectivity index (χ3v) is 2.85. The van der Waals surface area contributed by atoms with Gasteiger partial charge in [-0.3, -0.25) is 0 Å². The van der Waals surface area contributed by atoms with Crippen LogP contribution in [0.3, 0.4) is 0 Å². The first-order chi connectivity index (χ1) is 9.04. The first kappa shape index (κ1) is 13.4. The van der Waals surface area contributed by atoms with E-state index >= 15 is 0 Å². The summed E-state index contributed by atoms with van der Waals surface area (Å²) in [6.45, 7) is 4.63. The number of anilines is 1. The van der Waals surface area contributed by atoms with Crippen LogP contribution in [0.5, 0.6) is 0 Å². The molecule has 0 saturated carbocycles. The minimum atomic E-state index is 0.282. The van der Waals surface area contributed by atoms with Crippen LogP contribution in [0.15, 0.2) is 30.3 Å². The molecule has 0 atom stereocenters. The quantitative estimate of drug-likeness (QED) is 0.836. The summed E-state index contributed by atoms with van der Waals surface area (Å²) in [6, 6.07) is 10.1. The zero-order valence-electron chi connectivity index (χ0n) is 11.0. The van der Waals surface area contributed by atoms with Crippen LogP contribution in [-0.2, 0) is 6.54 Å². The number of hydrogen-bond acceptors (Lipinski definition) is 4. The molecule has 0 radical (unpaired) electrons. The largest absolute Gasteiger partial charge is 0.388 e. The number of aryl methyl sites for hydroxylation is 2. The second kappa shape index (κ2) is 5.75. The first-order valence-electron chi connectivity index (χ1n) is 5.99. The average Bonchev–Trinajstić information content (AvgIpc) is 2.36. The molecule has 1 aromatic heterocycles. The molecule has 0 spiro atoms. The van der Waals surface area contributed by atoms with E-state index in [2.05, 4.69) is 40.4 Å². The molecule has 0 aliphatic heterocycles. The van der Waals surface area contributed by atoms with E-state index < -0.39 is 0 Å². The van der Waals surface area contributed by atoms with Crippen molar-refractivity contribution >= 4 is 23.2 Å². The summed E-state index contributed by atoms with van der Waals surface area (Å²) < 4.78 is 0. The van der Waals surface area contributed by atoms with E-state index in [0.29, 0.717) is 18.2 Å². The van der Waals surface area contributed by atoms with Crippen LogP contribution >= 0.6 is 12.2 Å². The molecular weight excluding hydrogens is 256 g/mol. The Bertz CT molecular complexity index is 610. The first-order valence-corrected chi connectivity index (χ1v) is 6.40. The Morgan fingerprint density at radius 2 is 2.05 bits per heavy atom. The van der Waals surface area contributed by atoms with Gasteiger partial charge < -0.3 is 11.1 Å². The predicted octanol–water partition coefficient (Wildman–Crippen LogP) is 2.34. The number of aromatic nitrogens is 2. The van der Waals surface area contributed by atoms with Gasteiger partial charge >= 0.3 is 0 Å². The number of benzene rings is 1. The molecule has 0 aliphatic carbocycles. The van der Waals surface area contributed by atoms with Crippen LogP contribution in [0.4, 0.5) is 5.95 Å². The van der Waals surface area contributed by atoms with Crippen molar-refractivity contribution in [3.63, 3.8) is 0 Å². The minimum absolute atomic E-state index is 0.282. The maximum atomic E-state index is 5.59. The lowest BCUT2D eigenvalue weighted by Crippen LogP contribution is -2.14. The zero-order valence-corrected chi connectivity index (χ0v) is 11.8. The Labute approximate surface area is 118 Å². The molecule has 2 aromatic rings. The van der Waals surface area contributed by atoms with Gasteiger partial charge in [0.05, 0.1) is 0 Å². The van der Waals surface area contributed by atoms with Gasteiger partial charge in [0.1, 0.15) is 10.7 Å². The van der Waals surface area contributed by atoms with Gasteiger partial charge in [-0.15, -0.1) is 0 Å². The van der Waals surface area contributed by atoms with Gasteiger partial charge in [-0.05, 0) is 25.5 Å². The maximum absolute atomic E-state index is 5.59. The molecule has 0 fully saturated rings. The zero-order chi connectivity index (χ0) is 13.8. The molecule has 5 heteroatoms. The highest BCUT2D eigenvalue weighted by Crippen LogP contribution is 2.08. The van der Waals surface area contributed by atoms with Crippen molar-refractivity contribution in [1.29, 1.82) is 0 Å². The van der Waals surface area contributed by atoms with Crippen LogP contribution in [0.1, 0.15) is 22.5 Å². The van der Waals surface area contributed by atoms with Crippen LogP contribution < -0.4 is 11.1 Å². The average molecular weight is 272 g/mol. The van der Waals surface area contributed by atoms with Gasteiger partial charge in [-0.2, -0.15) is 0 Å². The monoisotopic (exact) mass is 272 g/mol. The Morgan fingerprint density at radius 3 is 2.74 bits per heavy atom. The van der Waals surface area contributed by atoms with Crippen molar-refractivity contribution in [2.45, 2.75) is 20.4 Å². The van der Waals surface area contributed by atoms with E-state index in [1.807, 2.05) is 13.0 Å². The molecule has 3 N–H and O–H groups in total. The lowest BCUT2D eigenvalue weighted by molar-refractivity contribution is 1.02. The fourth-order valence-electron chi connectivity index (χ4n) is 1.78. The Hall–Kier alpha value is -2.01. The maximum Gasteiger partial charge on any atom is 0.223 e. The fraction of sp³-hybridized carbons (Fsp3) is 0.214. The summed E-state index contributed by atoms with van der Waals surface area (Å²) in [5, 5.41) is 3.19. The molecule has 0 amide bonds.